The summed E-state index contributed by atoms with van der Waals surface area (Å²) in [5.74, 6) is -0.934. The average Bonchev–Trinajstić information content (AvgIpc) is 2.74. The molecule has 0 atom stereocenters. The summed E-state index contributed by atoms with van der Waals surface area (Å²) in [6.07, 6.45) is 3.28. The van der Waals surface area contributed by atoms with E-state index in [9.17, 15) is 14.0 Å². The number of fused-ring (bicyclic) bond motifs is 1. The lowest BCUT2D eigenvalue weighted by Crippen LogP contribution is -2.42. The van der Waals surface area contributed by atoms with E-state index in [0.717, 1.165) is 34.9 Å². The Bertz CT molecular complexity index is 1060. The molecule has 0 N–H and O–H groups in total. The highest BCUT2D eigenvalue weighted by molar-refractivity contribution is 6.36. The molecular weight excluding hydrogens is 391 g/mol. The van der Waals surface area contributed by atoms with Gasteiger partial charge in [0.2, 0.25) is 5.78 Å². The highest BCUT2D eigenvalue weighted by atomic mass is 35.5. The number of hydrogen-bond acceptors (Lipinski definition) is 3. The Kier molecular flexibility index (Phi) is 5.58. The van der Waals surface area contributed by atoms with E-state index >= 15 is 0 Å². The zero-order valence-electron chi connectivity index (χ0n) is 15.8. The highest BCUT2D eigenvalue weighted by Crippen LogP contribution is 2.32. The topological polar surface area (TPSA) is 50.3 Å². The summed E-state index contributed by atoms with van der Waals surface area (Å²) in [5, 5.41) is 1.41. The predicted octanol–water partition coefficient (Wildman–Crippen LogP) is 4.55. The van der Waals surface area contributed by atoms with Crippen molar-refractivity contribution in [2.75, 3.05) is 13.1 Å². The van der Waals surface area contributed by atoms with Gasteiger partial charge >= 0.3 is 0 Å². The van der Waals surface area contributed by atoms with Gasteiger partial charge in [0.25, 0.3) is 5.91 Å². The summed E-state index contributed by atoms with van der Waals surface area (Å²) in [5.41, 5.74) is 2.59. The van der Waals surface area contributed by atoms with Crippen molar-refractivity contribution in [3.8, 4) is 0 Å². The first-order valence-corrected chi connectivity index (χ1v) is 10.00. The van der Waals surface area contributed by atoms with Crippen LogP contribution in [-0.2, 0) is 16.0 Å². The zero-order valence-corrected chi connectivity index (χ0v) is 16.5. The molecule has 2 aromatic carbocycles. The molecule has 1 saturated heterocycles. The molecule has 2 heterocycles. The quantitative estimate of drug-likeness (QED) is 0.593. The van der Waals surface area contributed by atoms with Gasteiger partial charge in [-0.1, -0.05) is 23.7 Å². The molecule has 0 saturated carbocycles. The third-order valence-corrected chi connectivity index (χ3v) is 5.73. The lowest BCUT2D eigenvalue weighted by molar-refractivity contribution is -0.145. The molecule has 0 aliphatic carbocycles. The number of amides is 1. The van der Waals surface area contributed by atoms with Crippen LogP contribution in [0.15, 0.2) is 54.7 Å². The third-order valence-electron chi connectivity index (χ3n) is 5.48. The molecule has 4 rings (SSSR count). The number of benzene rings is 2. The molecule has 3 aromatic rings. The molecule has 0 spiro atoms. The second-order valence-corrected chi connectivity index (χ2v) is 7.79. The summed E-state index contributed by atoms with van der Waals surface area (Å²) in [4.78, 5) is 30.9. The van der Waals surface area contributed by atoms with E-state index in [1.165, 1.54) is 12.1 Å². The molecule has 1 aliphatic heterocycles. The molecule has 1 amide bonds. The van der Waals surface area contributed by atoms with E-state index in [1.54, 1.807) is 41.4 Å². The van der Waals surface area contributed by atoms with Crippen molar-refractivity contribution in [3.05, 3.63) is 76.7 Å². The Hall–Kier alpha value is -2.79. The normalized spacial score (nSPS) is 14.9. The number of pyridine rings is 1. The van der Waals surface area contributed by atoms with Crippen LogP contribution in [0.25, 0.3) is 10.9 Å². The maximum atomic E-state index is 13.7. The fraction of sp³-hybridized carbons (Fsp3) is 0.261. The Morgan fingerprint density at radius 3 is 2.52 bits per heavy atom. The summed E-state index contributed by atoms with van der Waals surface area (Å²) in [7, 11) is 0. The van der Waals surface area contributed by atoms with Crippen molar-refractivity contribution in [2.24, 2.45) is 0 Å². The van der Waals surface area contributed by atoms with E-state index in [2.05, 4.69) is 4.98 Å². The number of carbonyl (C=O) groups excluding carboxylic acids is 2. The average molecular weight is 411 g/mol. The van der Waals surface area contributed by atoms with Crippen LogP contribution < -0.4 is 0 Å². The van der Waals surface area contributed by atoms with Gasteiger partial charge in [0.1, 0.15) is 5.82 Å². The van der Waals surface area contributed by atoms with Gasteiger partial charge in [-0.25, -0.2) is 4.39 Å². The smallest absolute Gasteiger partial charge is 0.290 e. The molecule has 4 nitrogen and oxygen atoms in total. The number of rotatable bonds is 4. The Balaban J connectivity index is 1.41. The van der Waals surface area contributed by atoms with Crippen molar-refractivity contribution in [1.82, 2.24) is 9.88 Å². The predicted molar refractivity (Wildman–Crippen MR) is 110 cm³/mol. The molecule has 0 radical (unpaired) electrons. The van der Waals surface area contributed by atoms with Gasteiger partial charge in [0.15, 0.2) is 0 Å². The maximum absolute atomic E-state index is 13.7. The number of ketones is 1. The van der Waals surface area contributed by atoms with Crippen LogP contribution in [0.2, 0.25) is 5.02 Å². The molecule has 0 unspecified atom stereocenters. The zero-order chi connectivity index (χ0) is 20.4. The molecule has 6 heteroatoms. The summed E-state index contributed by atoms with van der Waals surface area (Å²) in [6, 6.07) is 13.5. The minimum Gasteiger partial charge on any atom is -0.336 e. The van der Waals surface area contributed by atoms with Gasteiger partial charge in [-0.2, -0.15) is 0 Å². The van der Waals surface area contributed by atoms with Gasteiger partial charge in [-0.05, 0) is 66.3 Å². The van der Waals surface area contributed by atoms with Crippen LogP contribution in [0, 0.1) is 5.82 Å². The minimum atomic E-state index is -0.441. The monoisotopic (exact) mass is 410 g/mol. The van der Waals surface area contributed by atoms with Crippen molar-refractivity contribution < 1.29 is 14.0 Å². The number of halogens is 2. The van der Waals surface area contributed by atoms with Crippen LogP contribution in [0.5, 0.6) is 0 Å². The van der Waals surface area contributed by atoms with Crippen LogP contribution in [0.4, 0.5) is 4.39 Å². The number of carbonyl (C=O) groups is 2. The Morgan fingerprint density at radius 2 is 1.79 bits per heavy atom. The lowest BCUT2D eigenvalue weighted by atomic mass is 9.87. The van der Waals surface area contributed by atoms with E-state index in [-0.39, 0.29) is 18.2 Å². The van der Waals surface area contributed by atoms with Gasteiger partial charge in [0, 0.05) is 36.1 Å². The maximum Gasteiger partial charge on any atom is 0.290 e. The molecule has 0 bridgehead atoms. The highest BCUT2D eigenvalue weighted by Gasteiger charge is 2.28. The largest absolute Gasteiger partial charge is 0.336 e. The van der Waals surface area contributed by atoms with E-state index in [1.807, 2.05) is 6.07 Å². The minimum absolute atomic E-state index is 0.0736. The van der Waals surface area contributed by atoms with Crippen LogP contribution in [0.3, 0.4) is 0 Å². The number of nitrogens with zero attached hydrogens (tertiary/aromatic N) is 2. The van der Waals surface area contributed by atoms with Crippen LogP contribution >= 0.6 is 11.6 Å². The summed E-state index contributed by atoms with van der Waals surface area (Å²) >= 11 is 5.86. The van der Waals surface area contributed by atoms with Crippen molar-refractivity contribution in [1.29, 1.82) is 0 Å². The fourth-order valence-corrected chi connectivity index (χ4v) is 4.05. The number of likely N-dealkylation sites (tertiary alicyclic amines) is 1. The second kappa shape index (κ2) is 8.29. The van der Waals surface area contributed by atoms with E-state index in [4.69, 9.17) is 11.6 Å². The molecular formula is C23H20ClFN2O2. The number of piperidine rings is 1. The number of hydrogen-bond donors (Lipinski definition) is 0. The first-order valence-electron chi connectivity index (χ1n) is 9.62. The van der Waals surface area contributed by atoms with Crippen LogP contribution in [0.1, 0.15) is 29.9 Å². The van der Waals surface area contributed by atoms with Gasteiger partial charge < -0.3 is 4.90 Å². The van der Waals surface area contributed by atoms with Gasteiger partial charge in [-0.15, -0.1) is 0 Å². The summed E-state index contributed by atoms with van der Waals surface area (Å²) < 4.78 is 13.7. The van der Waals surface area contributed by atoms with Gasteiger partial charge in [-0.3, -0.25) is 14.6 Å². The standard InChI is InChI=1S/C23H20ClFN2O2/c24-17-3-1-15(2-4-17)13-22(28)23(29)27-11-8-16(9-12-27)19-7-10-26-21-6-5-18(25)14-20(19)21/h1-7,10,14,16H,8-9,11-13H2. The third kappa shape index (κ3) is 4.30. The van der Waals surface area contributed by atoms with E-state index < -0.39 is 11.7 Å². The van der Waals surface area contributed by atoms with Gasteiger partial charge in [0.05, 0.1) is 5.52 Å². The van der Waals surface area contributed by atoms with Crippen molar-refractivity contribution in [3.63, 3.8) is 0 Å². The second-order valence-electron chi connectivity index (χ2n) is 7.35. The molecule has 1 aliphatic rings. The Morgan fingerprint density at radius 1 is 1.07 bits per heavy atom. The van der Waals surface area contributed by atoms with Crippen molar-refractivity contribution >= 4 is 34.2 Å². The van der Waals surface area contributed by atoms with E-state index in [0.29, 0.717) is 18.1 Å². The first kappa shape index (κ1) is 19.5. The number of Topliss-reactive ketones (excluding diaryl/α,β-unsaturated/α-hetero) is 1. The molecule has 1 aromatic heterocycles. The SMILES string of the molecule is O=C(Cc1ccc(Cl)cc1)C(=O)N1CCC(c2ccnc3ccc(F)cc23)CC1. The molecule has 1 fully saturated rings. The first-order chi connectivity index (χ1) is 14.0. The molecule has 148 valence electrons. The number of aromatic nitrogens is 1. The van der Waals surface area contributed by atoms with Crippen LogP contribution in [-0.4, -0.2) is 34.7 Å². The Labute approximate surface area is 173 Å². The lowest BCUT2D eigenvalue weighted by Gasteiger charge is -2.32. The molecule has 29 heavy (non-hydrogen) atoms. The van der Waals surface area contributed by atoms with Crippen molar-refractivity contribution in [2.45, 2.75) is 25.2 Å². The fourth-order valence-electron chi connectivity index (χ4n) is 3.93. The summed E-state index contributed by atoms with van der Waals surface area (Å²) in [6.45, 7) is 1.02.